The van der Waals surface area contributed by atoms with E-state index in [4.69, 9.17) is 9.97 Å². The summed E-state index contributed by atoms with van der Waals surface area (Å²) in [6.45, 7) is 3.12. The average molecular weight is 504 g/mol. The maximum atomic E-state index is 13.7. The number of pyridine rings is 2. The monoisotopic (exact) mass is 503 g/mol. The topological polar surface area (TPSA) is 86.2 Å². The number of anilines is 4. The largest absolute Gasteiger partial charge is 0.354 e. The number of likely N-dealkylation sites (tertiary alicyclic amines) is 1. The van der Waals surface area contributed by atoms with Gasteiger partial charge in [-0.2, -0.15) is 4.98 Å². The number of halogens is 1. The van der Waals surface area contributed by atoms with Gasteiger partial charge in [-0.3, -0.25) is 4.90 Å². The van der Waals surface area contributed by atoms with E-state index < -0.39 is 6.17 Å². The molecule has 3 aliphatic rings. The second-order valence-electron chi connectivity index (χ2n) is 9.79. The van der Waals surface area contributed by atoms with E-state index >= 15 is 0 Å². The fourth-order valence-electron chi connectivity index (χ4n) is 5.47. The Morgan fingerprint density at radius 2 is 1.92 bits per heavy atom. The van der Waals surface area contributed by atoms with Crippen LogP contribution in [-0.4, -0.2) is 81.3 Å². The van der Waals surface area contributed by atoms with E-state index in [1.165, 1.54) is 6.42 Å². The van der Waals surface area contributed by atoms with E-state index in [1.807, 2.05) is 35.4 Å². The van der Waals surface area contributed by atoms with Gasteiger partial charge in [0.15, 0.2) is 0 Å². The number of aromatic nitrogens is 5. The highest BCUT2D eigenvalue weighted by atomic mass is 32.1. The highest BCUT2D eigenvalue weighted by Crippen LogP contribution is 2.34. The lowest BCUT2D eigenvalue weighted by molar-refractivity contribution is 0.291. The molecule has 4 aromatic heterocycles. The Bertz CT molecular complexity index is 1430. The molecule has 7 heterocycles. The molecule has 0 radical (unpaired) electrons. The number of alkyl halides is 1. The number of nitrogens with one attached hydrogen (secondary N) is 1. The summed E-state index contributed by atoms with van der Waals surface area (Å²) in [6.07, 6.45) is 6.35. The van der Waals surface area contributed by atoms with Crippen molar-refractivity contribution in [3.8, 4) is 10.6 Å². The van der Waals surface area contributed by atoms with Crippen molar-refractivity contribution in [2.24, 2.45) is 0 Å². The fourth-order valence-corrected chi connectivity index (χ4v) is 6.39. The lowest BCUT2D eigenvalue weighted by atomic mass is 10.2. The van der Waals surface area contributed by atoms with Crippen LogP contribution in [0.25, 0.3) is 20.8 Å². The van der Waals surface area contributed by atoms with Crippen molar-refractivity contribution >= 4 is 45.0 Å². The molecule has 7 rings (SSSR count). The van der Waals surface area contributed by atoms with Crippen LogP contribution in [0, 0.1) is 0 Å². The van der Waals surface area contributed by atoms with Crippen molar-refractivity contribution in [3.63, 3.8) is 0 Å². The van der Waals surface area contributed by atoms with Gasteiger partial charge in [-0.1, -0.05) is 0 Å². The minimum absolute atomic E-state index is 0.399. The number of piperazine rings is 1. The van der Waals surface area contributed by atoms with Gasteiger partial charge in [0.05, 0.1) is 16.8 Å². The number of rotatable bonds is 5. The molecule has 0 aromatic carbocycles. The quantitative estimate of drug-likeness (QED) is 0.438. The van der Waals surface area contributed by atoms with E-state index in [9.17, 15) is 4.39 Å². The summed E-state index contributed by atoms with van der Waals surface area (Å²) < 4.78 is 14.7. The molecular weight excluding hydrogens is 477 g/mol. The predicted molar refractivity (Wildman–Crippen MR) is 140 cm³/mol. The van der Waals surface area contributed by atoms with Crippen LogP contribution in [0.2, 0.25) is 0 Å². The maximum absolute atomic E-state index is 13.7. The minimum Gasteiger partial charge on any atom is -0.354 e. The molecule has 0 saturated carbocycles. The lowest BCUT2D eigenvalue weighted by Crippen LogP contribution is -2.45. The van der Waals surface area contributed by atoms with Gasteiger partial charge in [-0.05, 0) is 38.1 Å². The third-order valence-corrected chi connectivity index (χ3v) is 8.45. The normalized spacial score (nSPS) is 23.8. The molecule has 3 saturated heterocycles. The van der Waals surface area contributed by atoms with Crippen molar-refractivity contribution in [3.05, 3.63) is 42.9 Å². The molecule has 0 aliphatic carbocycles. The third kappa shape index (κ3) is 3.92. The summed E-state index contributed by atoms with van der Waals surface area (Å²) in [5, 5.41) is 4.22. The Balaban J connectivity index is 1.11. The number of likely N-dealkylation sites (N-methyl/N-ethyl adjacent to an activating group) is 1. The number of hydrogen-bond donors (Lipinski definition) is 1. The van der Waals surface area contributed by atoms with Crippen LogP contribution >= 0.6 is 11.3 Å². The fraction of sp³-hybridized carbons (Fsp3) is 0.400. The van der Waals surface area contributed by atoms with Gasteiger partial charge in [0.1, 0.15) is 28.6 Å². The summed E-state index contributed by atoms with van der Waals surface area (Å²) in [5.41, 5.74) is 1.84. The average Bonchev–Trinajstić information content (AvgIpc) is 3.67. The molecule has 9 nitrogen and oxygen atoms in total. The molecule has 184 valence electrons. The lowest BCUT2D eigenvalue weighted by Gasteiger charge is -2.31. The van der Waals surface area contributed by atoms with Crippen LogP contribution in [0.1, 0.15) is 12.8 Å². The number of nitrogens with zero attached hydrogens (tertiary/aromatic N) is 8. The smallest absolute Gasteiger partial charge is 0.227 e. The zero-order chi connectivity index (χ0) is 24.2. The van der Waals surface area contributed by atoms with Crippen molar-refractivity contribution < 1.29 is 4.39 Å². The first-order chi connectivity index (χ1) is 17.6. The SMILES string of the molecule is CN1C[C@@H]2C[C@H]1CN2c1nccc(Nc2cc3nc(-c4ccnc(N5CC[C@@H](F)C5)c4)sc3cn2)n1. The molecule has 3 fully saturated rings. The summed E-state index contributed by atoms with van der Waals surface area (Å²) in [5.74, 6) is 2.97. The molecule has 3 aliphatic heterocycles. The molecule has 3 atom stereocenters. The Morgan fingerprint density at radius 3 is 2.72 bits per heavy atom. The van der Waals surface area contributed by atoms with Crippen LogP contribution < -0.4 is 15.1 Å². The van der Waals surface area contributed by atoms with E-state index in [0.29, 0.717) is 43.2 Å². The molecule has 4 aromatic rings. The van der Waals surface area contributed by atoms with Crippen LogP contribution in [-0.2, 0) is 0 Å². The zero-order valence-electron chi connectivity index (χ0n) is 19.9. The molecule has 1 N–H and O–H groups in total. The molecule has 0 unspecified atom stereocenters. The highest BCUT2D eigenvalue weighted by Gasteiger charge is 2.42. The maximum Gasteiger partial charge on any atom is 0.227 e. The van der Waals surface area contributed by atoms with Gasteiger partial charge in [0.2, 0.25) is 5.95 Å². The van der Waals surface area contributed by atoms with E-state index in [2.05, 4.69) is 37.1 Å². The van der Waals surface area contributed by atoms with Crippen LogP contribution in [0.4, 0.5) is 27.8 Å². The molecule has 0 amide bonds. The van der Waals surface area contributed by atoms with Crippen molar-refractivity contribution in [2.75, 3.05) is 48.3 Å². The van der Waals surface area contributed by atoms with Gasteiger partial charge >= 0.3 is 0 Å². The standard InChI is InChI=1S/C25H26FN9S/c1-33-13-18-9-17(33)14-35(18)25-28-6-3-21(32-25)31-22-10-19-20(11-29-22)36-24(30-19)15-2-5-27-23(8-15)34-7-4-16(26)12-34/h2-3,5-6,8,10-11,16-18H,4,7,9,12-14H2,1H3,(H,28,29,31,32)/t16-,17+,18+/m1/s1. The summed E-state index contributed by atoms with van der Waals surface area (Å²) >= 11 is 1.59. The van der Waals surface area contributed by atoms with Crippen molar-refractivity contribution in [2.45, 2.75) is 31.1 Å². The summed E-state index contributed by atoms with van der Waals surface area (Å²) in [6, 6.07) is 8.82. The highest BCUT2D eigenvalue weighted by molar-refractivity contribution is 7.21. The zero-order valence-corrected chi connectivity index (χ0v) is 20.7. The first kappa shape index (κ1) is 21.8. The molecule has 0 spiro atoms. The number of thiazole rings is 1. The van der Waals surface area contributed by atoms with Crippen LogP contribution in [0.5, 0.6) is 0 Å². The van der Waals surface area contributed by atoms with E-state index in [0.717, 1.165) is 45.6 Å². The van der Waals surface area contributed by atoms with Gasteiger partial charge in [0, 0.05) is 61.9 Å². The van der Waals surface area contributed by atoms with Gasteiger partial charge in [-0.15, -0.1) is 11.3 Å². The third-order valence-electron chi connectivity index (χ3n) is 7.39. The Morgan fingerprint density at radius 1 is 1.00 bits per heavy atom. The first-order valence-corrected chi connectivity index (χ1v) is 13.1. The van der Waals surface area contributed by atoms with Gasteiger partial charge < -0.3 is 15.1 Å². The number of hydrogen-bond acceptors (Lipinski definition) is 10. The Labute approximate surface area is 212 Å². The Hall–Kier alpha value is -3.44. The summed E-state index contributed by atoms with van der Waals surface area (Å²) in [7, 11) is 2.19. The number of fused-ring (bicyclic) bond motifs is 3. The van der Waals surface area contributed by atoms with E-state index in [-0.39, 0.29) is 0 Å². The first-order valence-electron chi connectivity index (χ1n) is 12.3. The van der Waals surface area contributed by atoms with Crippen LogP contribution in [0.15, 0.2) is 42.9 Å². The van der Waals surface area contributed by atoms with Crippen molar-refractivity contribution in [1.82, 2.24) is 29.8 Å². The van der Waals surface area contributed by atoms with Crippen LogP contribution in [0.3, 0.4) is 0 Å². The van der Waals surface area contributed by atoms with Gasteiger partial charge in [-0.25, -0.2) is 24.3 Å². The van der Waals surface area contributed by atoms with Gasteiger partial charge in [0.25, 0.3) is 0 Å². The van der Waals surface area contributed by atoms with E-state index in [1.54, 1.807) is 23.7 Å². The Kier molecular flexibility index (Phi) is 5.21. The second kappa shape index (κ2) is 8.59. The molecule has 2 bridgehead atoms. The minimum atomic E-state index is -0.784. The molecule has 11 heteroatoms. The van der Waals surface area contributed by atoms with Crippen molar-refractivity contribution in [1.29, 1.82) is 0 Å². The predicted octanol–water partition coefficient (Wildman–Crippen LogP) is 3.73. The molecular formula is C25H26FN9S. The molecule has 36 heavy (non-hydrogen) atoms. The summed E-state index contributed by atoms with van der Waals surface area (Å²) in [4.78, 5) is 29.9. The second-order valence-corrected chi connectivity index (χ2v) is 10.8.